The highest BCUT2D eigenvalue weighted by atomic mass is 16.5. The van der Waals surface area contributed by atoms with Crippen molar-refractivity contribution in [2.75, 3.05) is 7.11 Å². The molecule has 0 aliphatic carbocycles. The van der Waals surface area contributed by atoms with E-state index in [1.807, 2.05) is 36.4 Å². The van der Waals surface area contributed by atoms with Gasteiger partial charge in [-0.3, -0.25) is 9.59 Å². The van der Waals surface area contributed by atoms with Gasteiger partial charge < -0.3 is 15.0 Å². The lowest BCUT2D eigenvalue weighted by Gasteiger charge is -2.08. The average molecular weight is 349 g/mol. The Kier molecular flexibility index (Phi) is 3.85. The van der Waals surface area contributed by atoms with E-state index in [4.69, 9.17) is 4.74 Å². The molecule has 0 saturated heterocycles. The molecule has 0 spiro atoms. The van der Waals surface area contributed by atoms with Crippen LogP contribution >= 0.6 is 0 Å². The van der Waals surface area contributed by atoms with Crippen LogP contribution in [0.4, 0.5) is 0 Å². The number of aromatic amines is 1. The zero-order valence-corrected chi connectivity index (χ0v) is 13.9. The van der Waals surface area contributed by atoms with E-state index in [1.165, 1.54) is 4.52 Å². The number of nitrogens with zero attached hydrogens (tertiary/aromatic N) is 3. The fraction of sp³-hybridized carbons (Fsp3) is 0.111. The Morgan fingerprint density at radius 3 is 2.81 bits per heavy atom. The highest BCUT2D eigenvalue weighted by Crippen LogP contribution is 2.17. The quantitative estimate of drug-likeness (QED) is 0.581. The number of rotatable bonds is 4. The van der Waals surface area contributed by atoms with Gasteiger partial charge in [-0.2, -0.15) is 0 Å². The minimum atomic E-state index is -0.480. The number of amides is 1. The third kappa shape index (κ3) is 2.57. The van der Waals surface area contributed by atoms with Crippen LogP contribution in [0.5, 0.6) is 5.75 Å². The first kappa shape index (κ1) is 15.8. The minimum Gasteiger partial charge on any atom is -0.496 e. The first-order chi connectivity index (χ1) is 12.7. The van der Waals surface area contributed by atoms with Gasteiger partial charge in [-0.15, -0.1) is 5.10 Å². The minimum absolute atomic E-state index is 0.0214. The van der Waals surface area contributed by atoms with Crippen LogP contribution in [-0.2, 0) is 6.54 Å². The van der Waals surface area contributed by atoms with Crippen LogP contribution in [0.1, 0.15) is 16.1 Å². The fourth-order valence-electron chi connectivity index (χ4n) is 2.86. The number of carbonyl (C=O) groups excluding carboxylic acids is 1. The Balaban J connectivity index is 1.69. The molecule has 8 heteroatoms. The van der Waals surface area contributed by atoms with Crippen LogP contribution in [-0.4, -0.2) is 32.8 Å². The molecular weight excluding hydrogens is 334 g/mol. The summed E-state index contributed by atoms with van der Waals surface area (Å²) in [5, 5.41) is 10.6. The van der Waals surface area contributed by atoms with E-state index in [2.05, 4.69) is 20.6 Å². The molecule has 0 unspecified atom stereocenters. The molecule has 0 radical (unpaired) electrons. The number of ether oxygens (including phenoxy) is 1. The second-order valence-corrected chi connectivity index (χ2v) is 5.66. The smallest absolute Gasteiger partial charge is 0.277 e. The summed E-state index contributed by atoms with van der Waals surface area (Å²) in [6.07, 6.45) is 0. The Labute approximate surface area is 147 Å². The number of benzene rings is 2. The van der Waals surface area contributed by atoms with Gasteiger partial charge in [0.1, 0.15) is 5.75 Å². The Hall–Kier alpha value is -3.68. The average Bonchev–Trinajstić information content (AvgIpc) is 3.12. The van der Waals surface area contributed by atoms with Gasteiger partial charge in [-0.05, 0) is 18.2 Å². The molecule has 2 aromatic carbocycles. The summed E-state index contributed by atoms with van der Waals surface area (Å²) < 4.78 is 6.65. The molecule has 0 bridgehead atoms. The van der Waals surface area contributed by atoms with Crippen molar-refractivity contribution >= 4 is 22.5 Å². The van der Waals surface area contributed by atoms with Crippen LogP contribution in [0.3, 0.4) is 0 Å². The molecule has 2 aromatic heterocycles. The Morgan fingerprint density at radius 2 is 1.96 bits per heavy atom. The largest absolute Gasteiger partial charge is 0.496 e. The first-order valence-electron chi connectivity index (χ1n) is 7.95. The normalized spacial score (nSPS) is 11.0. The second kappa shape index (κ2) is 6.32. The molecule has 26 heavy (non-hydrogen) atoms. The van der Waals surface area contributed by atoms with Crippen molar-refractivity contribution < 1.29 is 9.53 Å². The van der Waals surface area contributed by atoms with E-state index < -0.39 is 11.5 Å². The van der Waals surface area contributed by atoms with Gasteiger partial charge in [-0.25, -0.2) is 4.52 Å². The second-order valence-electron chi connectivity index (χ2n) is 5.66. The maximum absolute atomic E-state index is 12.6. The summed E-state index contributed by atoms with van der Waals surface area (Å²) in [6.45, 7) is 0.243. The number of para-hydroxylation sites is 3. The molecule has 0 fully saturated rings. The molecule has 1 amide bonds. The van der Waals surface area contributed by atoms with Gasteiger partial charge in [-0.1, -0.05) is 35.5 Å². The molecule has 8 nitrogen and oxygen atoms in total. The highest BCUT2D eigenvalue weighted by Gasteiger charge is 2.19. The monoisotopic (exact) mass is 349 g/mol. The number of hydrogen-bond acceptors (Lipinski definition) is 5. The zero-order chi connectivity index (χ0) is 18.1. The van der Waals surface area contributed by atoms with Crippen LogP contribution in [0.2, 0.25) is 0 Å². The van der Waals surface area contributed by atoms with Gasteiger partial charge in [0.15, 0.2) is 11.2 Å². The van der Waals surface area contributed by atoms with E-state index >= 15 is 0 Å². The maximum Gasteiger partial charge on any atom is 0.277 e. The van der Waals surface area contributed by atoms with Crippen LogP contribution in [0.25, 0.3) is 16.6 Å². The van der Waals surface area contributed by atoms with E-state index in [1.54, 1.807) is 19.2 Å². The molecule has 0 saturated carbocycles. The van der Waals surface area contributed by atoms with Crippen molar-refractivity contribution in [1.29, 1.82) is 0 Å². The van der Waals surface area contributed by atoms with Crippen molar-refractivity contribution in [2.45, 2.75) is 6.54 Å². The lowest BCUT2D eigenvalue weighted by atomic mass is 10.2. The van der Waals surface area contributed by atoms with Gasteiger partial charge in [0.05, 0.1) is 18.1 Å². The Bertz CT molecular complexity index is 1180. The summed E-state index contributed by atoms with van der Waals surface area (Å²) in [5.74, 6) is 0.191. The molecular formula is C18H15N5O3. The number of hydrogen-bond donors (Lipinski definition) is 2. The van der Waals surface area contributed by atoms with E-state index in [-0.39, 0.29) is 17.8 Å². The third-order valence-electron chi connectivity index (χ3n) is 4.11. The van der Waals surface area contributed by atoms with Crippen LogP contribution in [0, 0.1) is 0 Å². The van der Waals surface area contributed by atoms with Gasteiger partial charge in [0.2, 0.25) is 0 Å². The summed E-state index contributed by atoms with van der Waals surface area (Å²) >= 11 is 0. The van der Waals surface area contributed by atoms with Crippen LogP contribution < -0.4 is 15.6 Å². The number of H-pyrrole nitrogens is 1. The lowest BCUT2D eigenvalue weighted by Crippen LogP contribution is -2.25. The molecule has 4 rings (SSSR count). The zero-order valence-electron chi connectivity index (χ0n) is 13.9. The van der Waals surface area contributed by atoms with E-state index in [9.17, 15) is 9.59 Å². The summed E-state index contributed by atoms with van der Waals surface area (Å²) in [5.41, 5.74) is 1.78. The number of methoxy groups -OCH3 is 1. The van der Waals surface area contributed by atoms with E-state index in [0.29, 0.717) is 16.8 Å². The topological polar surface area (TPSA) is 101 Å². The van der Waals surface area contributed by atoms with Crippen molar-refractivity contribution in [3.8, 4) is 5.75 Å². The van der Waals surface area contributed by atoms with Crippen molar-refractivity contribution in [1.82, 2.24) is 25.1 Å². The van der Waals surface area contributed by atoms with Gasteiger partial charge in [0.25, 0.3) is 11.5 Å². The first-order valence-corrected chi connectivity index (χ1v) is 7.95. The molecule has 4 aromatic rings. The number of fused-ring (bicyclic) bond motifs is 3. The van der Waals surface area contributed by atoms with Crippen LogP contribution in [0.15, 0.2) is 53.3 Å². The van der Waals surface area contributed by atoms with Crippen molar-refractivity contribution in [3.63, 3.8) is 0 Å². The predicted octanol–water partition coefficient (Wildman–Crippen LogP) is 1.51. The number of carbonyl (C=O) groups is 1. The molecule has 0 atom stereocenters. The van der Waals surface area contributed by atoms with Crippen molar-refractivity contribution in [3.05, 3.63) is 70.1 Å². The Morgan fingerprint density at radius 1 is 1.19 bits per heavy atom. The summed E-state index contributed by atoms with van der Waals surface area (Å²) in [4.78, 5) is 27.7. The predicted molar refractivity (Wildman–Crippen MR) is 95.3 cm³/mol. The van der Waals surface area contributed by atoms with E-state index in [0.717, 1.165) is 5.56 Å². The molecule has 0 aliphatic rings. The molecule has 2 N–H and O–H groups in total. The summed E-state index contributed by atoms with van der Waals surface area (Å²) in [6, 6.07) is 14.6. The standard InChI is InChI=1S/C18H15N5O3/c1-26-14-9-5-2-6-11(14)10-19-17(24)15-16-18(25)20-12-7-3-4-8-13(12)23(16)22-21-15/h2-9H,10H2,1H3,(H,19,24)(H,20,25). The van der Waals surface area contributed by atoms with Gasteiger partial charge >= 0.3 is 0 Å². The number of aromatic nitrogens is 4. The summed E-state index contributed by atoms with van der Waals surface area (Å²) in [7, 11) is 1.57. The SMILES string of the molecule is COc1ccccc1CNC(=O)c1nnn2c1c(=O)[nH]c1ccccc12. The molecule has 0 aliphatic heterocycles. The van der Waals surface area contributed by atoms with Crippen molar-refractivity contribution in [2.24, 2.45) is 0 Å². The molecule has 2 heterocycles. The third-order valence-corrected chi connectivity index (χ3v) is 4.11. The molecule has 130 valence electrons. The van der Waals surface area contributed by atoms with Gasteiger partial charge in [0, 0.05) is 12.1 Å². The highest BCUT2D eigenvalue weighted by molar-refractivity contribution is 5.99. The maximum atomic E-state index is 12.6. The lowest BCUT2D eigenvalue weighted by molar-refractivity contribution is 0.0947. The number of nitrogens with one attached hydrogen (secondary N) is 2. The fourth-order valence-corrected chi connectivity index (χ4v) is 2.86.